The molecule has 0 saturated carbocycles. The summed E-state index contributed by atoms with van der Waals surface area (Å²) in [5.74, 6) is 5.24. The third-order valence-corrected chi connectivity index (χ3v) is 2.44. The molecule has 16 heavy (non-hydrogen) atoms. The van der Waals surface area contributed by atoms with Crippen molar-refractivity contribution >= 4 is 0 Å². The molecule has 0 amide bonds. The molecule has 0 aliphatic carbocycles. The SMILES string of the molecule is CCCOCC(NN)c1ccc(F)cc1C. The van der Waals surface area contributed by atoms with Gasteiger partial charge in [0.2, 0.25) is 0 Å². The van der Waals surface area contributed by atoms with Crippen LogP contribution in [-0.4, -0.2) is 13.2 Å². The average molecular weight is 226 g/mol. The molecular weight excluding hydrogens is 207 g/mol. The Kier molecular flexibility index (Phi) is 5.38. The number of rotatable bonds is 6. The van der Waals surface area contributed by atoms with Crippen molar-refractivity contribution in [1.29, 1.82) is 0 Å². The Bertz CT molecular complexity index is 331. The number of aryl methyl sites for hydroxylation is 1. The van der Waals surface area contributed by atoms with Gasteiger partial charge in [-0.25, -0.2) is 4.39 Å². The minimum atomic E-state index is -0.230. The molecule has 0 aliphatic heterocycles. The fourth-order valence-corrected chi connectivity index (χ4v) is 1.60. The second kappa shape index (κ2) is 6.58. The number of halogens is 1. The van der Waals surface area contributed by atoms with Gasteiger partial charge in [-0.15, -0.1) is 0 Å². The lowest BCUT2D eigenvalue weighted by atomic mass is 10.0. The summed E-state index contributed by atoms with van der Waals surface area (Å²) in [6.07, 6.45) is 0.972. The first-order valence-corrected chi connectivity index (χ1v) is 5.49. The van der Waals surface area contributed by atoms with Crippen molar-refractivity contribution in [3.05, 3.63) is 35.1 Å². The van der Waals surface area contributed by atoms with Crippen LogP contribution in [0.1, 0.15) is 30.5 Å². The van der Waals surface area contributed by atoms with Crippen LogP contribution >= 0.6 is 0 Å². The van der Waals surface area contributed by atoms with Crippen molar-refractivity contribution in [2.24, 2.45) is 5.84 Å². The van der Waals surface area contributed by atoms with Crippen LogP contribution in [0.2, 0.25) is 0 Å². The van der Waals surface area contributed by atoms with Gasteiger partial charge in [-0.2, -0.15) is 0 Å². The van der Waals surface area contributed by atoms with Crippen LogP contribution in [-0.2, 0) is 4.74 Å². The van der Waals surface area contributed by atoms with Crippen molar-refractivity contribution in [2.75, 3.05) is 13.2 Å². The normalized spacial score (nSPS) is 12.8. The quantitative estimate of drug-likeness (QED) is 0.443. The van der Waals surface area contributed by atoms with Gasteiger partial charge in [0.1, 0.15) is 5.82 Å². The molecule has 1 aromatic carbocycles. The van der Waals surface area contributed by atoms with E-state index in [2.05, 4.69) is 5.43 Å². The molecule has 0 bridgehead atoms. The minimum absolute atomic E-state index is 0.0906. The number of nitrogens with two attached hydrogens (primary N) is 1. The first-order chi connectivity index (χ1) is 7.69. The molecule has 4 heteroatoms. The molecule has 1 unspecified atom stereocenters. The fourth-order valence-electron chi connectivity index (χ4n) is 1.60. The molecule has 3 nitrogen and oxygen atoms in total. The van der Waals surface area contributed by atoms with E-state index in [0.29, 0.717) is 13.2 Å². The lowest BCUT2D eigenvalue weighted by molar-refractivity contribution is 0.112. The molecule has 1 aromatic rings. The first kappa shape index (κ1) is 13.1. The Morgan fingerprint density at radius 2 is 2.25 bits per heavy atom. The standard InChI is InChI=1S/C12H19FN2O/c1-3-6-16-8-12(15-14)11-5-4-10(13)7-9(11)2/h4-5,7,12,15H,3,6,8,14H2,1-2H3. The Morgan fingerprint density at radius 3 is 2.81 bits per heavy atom. The maximum Gasteiger partial charge on any atom is 0.123 e. The highest BCUT2D eigenvalue weighted by Gasteiger charge is 2.12. The van der Waals surface area contributed by atoms with Gasteiger partial charge in [-0.3, -0.25) is 11.3 Å². The van der Waals surface area contributed by atoms with E-state index in [1.54, 1.807) is 6.07 Å². The molecule has 0 saturated heterocycles. The second-order valence-electron chi connectivity index (χ2n) is 3.80. The molecule has 1 atom stereocenters. The van der Waals surface area contributed by atoms with Crippen molar-refractivity contribution in [3.8, 4) is 0 Å². The fraction of sp³-hybridized carbons (Fsp3) is 0.500. The van der Waals surface area contributed by atoms with E-state index in [-0.39, 0.29) is 11.9 Å². The van der Waals surface area contributed by atoms with E-state index in [9.17, 15) is 4.39 Å². The van der Waals surface area contributed by atoms with Gasteiger partial charge in [0, 0.05) is 6.61 Å². The highest BCUT2D eigenvalue weighted by molar-refractivity contribution is 5.29. The molecule has 90 valence electrons. The van der Waals surface area contributed by atoms with Gasteiger partial charge in [-0.1, -0.05) is 13.0 Å². The molecular formula is C12H19FN2O. The lowest BCUT2D eigenvalue weighted by Gasteiger charge is -2.18. The molecule has 3 N–H and O–H groups in total. The maximum absolute atomic E-state index is 12.9. The van der Waals surface area contributed by atoms with Crippen LogP contribution in [0.4, 0.5) is 4.39 Å². The van der Waals surface area contributed by atoms with E-state index < -0.39 is 0 Å². The molecule has 0 aromatic heterocycles. The highest BCUT2D eigenvalue weighted by atomic mass is 19.1. The zero-order valence-corrected chi connectivity index (χ0v) is 9.79. The highest BCUT2D eigenvalue weighted by Crippen LogP contribution is 2.18. The van der Waals surface area contributed by atoms with Gasteiger partial charge in [-0.05, 0) is 36.6 Å². The van der Waals surface area contributed by atoms with Crippen molar-refractivity contribution in [3.63, 3.8) is 0 Å². The van der Waals surface area contributed by atoms with Gasteiger partial charge >= 0.3 is 0 Å². The summed E-state index contributed by atoms with van der Waals surface area (Å²) in [5, 5.41) is 0. The molecule has 1 rings (SSSR count). The van der Waals surface area contributed by atoms with E-state index >= 15 is 0 Å². The number of hydrogen-bond acceptors (Lipinski definition) is 3. The van der Waals surface area contributed by atoms with Crippen molar-refractivity contribution < 1.29 is 9.13 Å². The number of ether oxygens (including phenoxy) is 1. The number of hydrogen-bond donors (Lipinski definition) is 2. The van der Waals surface area contributed by atoms with Crippen LogP contribution in [0.3, 0.4) is 0 Å². The van der Waals surface area contributed by atoms with E-state index in [1.807, 2.05) is 13.8 Å². The van der Waals surface area contributed by atoms with Gasteiger partial charge in [0.05, 0.1) is 12.6 Å². The Hall–Kier alpha value is -0.970. The maximum atomic E-state index is 12.9. The first-order valence-electron chi connectivity index (χ1n) is 5.49. The Balaban J connectivity index is 2.70. The topological polar surface area (TPSA) is 47.3 Å². The number of hydrazine groups is 1. The van der Waals surface area contributed by atoms with Crippen molar-refractivity contribution in [2.45, 2.75) is 26.3 Å². The third kappa shape index (κ3) is 3.56. The average Bonchev–Trinajstić information content (AvgIpc) is 2.26. The van der Waals surface area contributed by atoms with Gasteiger partial charge in [0.25, 0.3) is 0 Å². The molecule has 0 aliphatic rings. The summed E-state index contributed by atoms with van der Waals surface area (Å²) in [5.41, 5.74) is 4.54. The predicted molar refractivity (Wildman–Crippen MR) is 62.3 cm³/mol. The monoisotopic (exact) mass is 226 g/mol. The van der Waals surface area contributed by atoms with E-state index in [4.69, 9.17) is 10.6 Å². The van der Waals surface area contributed by atoms with E-state index in [1.165, 1.54) is 12.1 Å². The van der Waals surface area contributed by atoms with Crippen LogP contribution < -0.4 is 11.3 Å². The zero-order chi connectivity index (χ0) is 12.0. The number of benzene rings is 1. The number of nitrogens with one attached hydrogen (secondary N) is 1. The van der Waals surface area contributed by atoms with Crippen LogP contribution in [0.15, 0.2) is 18.2 Å². The summed E-state index contributed by atoms with van der Waals surface area (Å²) in [6.45, 7) is 5.12. The predicted octanol–water partition coefficient (Wildman–Crippen LogP) is 2.07. The Labute approximate surface area is 95.8 Å². The van der Waals surface area contributed by atoms with Crippen LogP contribution in [0, 0.1) is 12.7 Å². The summed E-state index contributed by atoms with van der Waals surface area (Å²) >= 11 is 0. The minimum Gasteiger partial charge on any atom is -0.379 e. The summed E-state index contributed by atoms with van der Waals surface area (Å²) < 4.78 is 18.4. The molecule has 0 fully saturated rings. The zero-order valence-electron chi connectivity index (χ0n) is 9.79. The largest absolute Gasteiger partial charge is 0.379 e. The molecule has 0 spiro atoms. The smallest absolute Gasteiger partial charge is 0.123 e. The van der Waals surface area contributed by atoms with Gasteiger partial charge in [0.15, 0.2) is 0 Å². The Morgan fingerprint density at radius 1 is 1.50 bits per heavy atom. The lowest BCUT2D eigenvalue weighted by Crippen LogP contribution is -2.32. The van der Waals surface area contributed by atoms with Crippen LogP contribution in [0.25, 0.3) is 0 Å². The van der Waals surface area contributed by atoms with E-state index in [0.717, 1.165) is 17.5 Å². The van der Waals surface area contributed by atoms with Gasteiger partial charge < -0.3 is 4.74 Å². The van der Waals surface area contributed by atoms with Crippen LogP contribution in [0.5, 0.6) is 0 Å². The summed E-state index contributed by atoms with van der Waals surface area (Å²) in [7, 11) is 0. The second-order valence-corrected chi connectivity index (χ2v) is 3.80. The third-order valence-electron chi connectivity index (χ3n) is 2.44. The van der Waals surface area contributed by atoms with Crippen molar-refractivity contribution in [1.82, 2.24) is 5.43 Å². The summed E-state index contributed by atoms with van der Waals surface area (Å²) in [6, 6.07) is 4.59. The summed E-state index contributed by atoms with van der Waals surface area (Å²) in [4.78, 5) is 0. The molecule has 0 heterocycles. The molecule has 0 radical (unpaired) electrons.